The first-order valence-electron chi connectivity index (χ1n) is 10.2. The predicted octanol–water partition coefficient (Wildman–Crippen LogP) is 4.39. The van der Waals surface area contributed by atoms with E-state index in [2.05, 4.69) is 32.6 Å². The molecule has 0 saturated carbocycles. The van der Waals surface area contributed by atoms with Crippen LogP contribution in [-0.2, 0) is 0 Å². The second-order valence-electron chi connectivity index (χ2n) is 7.86. The molecular weight excluding hydrogens is 505 g/mol. The van der Waals surface area contributed by atoms with Gasteiger partial charge in [-0.3, -0.25) is 4.57 Å². The zero-order chi connectivity index (χ0) is 21.5. The van der Waals surface area contributed by atoms with Crippen molar-refractivity contribution < 1.29 is 4.79 Å². The number of likely N-dealkylation sites (tertiary alicyclic amines) is 1. The lowest BCUT2D eigenvalue weighted by atomic mass is 9.91. The van der Waals surface area contributed by atoms with Gasteiger partial charge < -0.3 is 20.6 Å². The molecule has 2 aromatic carbocycles. The van der Waals surface area contributed by atoms with Crippen LogP contribution in [0.4, 0.5) is 4.79 Å². The van der Waals surface area contributed by atoms with E-state index in [1.54, 1.807) is 4.90 Å². The van der Waals surface area contributed by atoms with Crippen molar-refractivity contribution in [2.45, 2.75) is 24.9 Å². The Morgan fingerprint density at radius 2 is 1.90 bits per heavy atom. The maximum absolute atomic E-state index is 13.1. The molecule has 8 heteroatoms. The summed E-state index contributed by atoms with van der Waals surface area (Å²) in [6.45, 7) is 0.506. The Labute approximate surface area is 192 Å². The molecule has 0 aliphatic carbocycles. The number of hydrogen-bond donors (Lipinski definition) is 3. The number of nitrogens with zero attached hydrogens (tertiary/aromatic N) is 2. The fourth-order valence-corrected chi connectivity index (χ4v) is 5.04. The number of halogens is 1. The lowest BCUT2D eigenvalue weighted by Crippen LogP contribution is -2.45. The zero-order valence-corrected chi connectivity index (χ0v) is 18.9. The molecule has 0 spiro atoms. The summed E-state index contributed by atoms with van der Waals surface area (Å²) in [6.07, 6.45) is 3.17. The number of fused-ring (bicyclic) bond motifs is 1. The average molecular weight is 527 g/mol. The third kappa shape index (κ3) is 3.54. The van der Waals surface area contributed by atoms with Crippen LogP contribution in [0.25, 0.3) is 22.3 Å². The first-order valence-corrected chi connectivity index (χ1v) is 11.3. The summed E-state index contributed by atoms with van der Waals surface area (Å²) >= 11 is 2.26. The highest BCUT2D eigenvalue weighted by molar-refractivity contribution is 14.1. The number of aromatic amines is 2. The van der Waals surface area contributed by atoms with Crippen LogP contribution in [0, 0.1) is 3.57 Å². The molecule has 7 nitrogen and oxygen atoms in total. The van der Waals surface area contributed by atoms with Gasteiger partial charge in [-0.1, -0.05) is 24.3 Å². The molecular formula is C23H22IN5O2. The lowest BCUT2D eigenvalue weighted by molar-refractivity contribution is 0.136. The smallest absolute Gasteiger partial charge is 0.326 e. The number of carbonyl (C=O) groups excluding carboxylic acids is 1. The minimum absolute atomic E-state index is 0.0416. The molecule has 158 valence electrons. The number of H-pyrrole nitrogens is 2. The van der Waals surface area contributed by atoms with Crippen molar-refractivity contribution in [2.24, 2.45) is 5.73 Å². The number of piperidine rings is 1. The van der Waals surface area contributed by atoms with Crippen molar-refractivity contribution >= 4 is 39.7 Å². The third-order valence-corrected chi connectivity index (χ3v) is 6.84. The van der Waals surface area contributed by atoms with E-state index in [1.807, 2.05) is 65.4 Å². The van der Waals surface area contributed by atoms with E-state index in [0.717, 1.165) is 31.4 Å². The summed E-state index contributed by atoms with van der Waals surface area (Å²) in [7, 11) is 0. The van der Waals surface area contributed by atoms with Crippen molar-refractivity contribution in [1.29, 1.82) is 0 Å². The summed E-state index contributed by atoms with van der Waals surface area (Å²) in [5, 5.41) is 0. The molecule has 0 bridgehead atoms. The second-order valence-corrected chi connectivity index (χ2v) is 9.11. The van der Waals surface area contributed by atoms with Gasteiger partial charge in [0, 0.05) is 33.6 Å². The summed E-state index contributed by atoms with van der Waals surface area (Å²) in [6, 6.07) is 17.3. The topological polar surface area (TPSA) is 99.9 Å². The third-order valence-electron chi connectivity index (χ3n) is 6.12. The number of carbonyl (C=O) groups is 1. The Hall–Kier alpha value is -3.01. The van der Waals surface area contributed by atoms with Crippen LogP contribution < -0.4 is 11.4 Å². The monoisotopic (exact) mass is 527 g/mol. The Balaban J connectivity index is 1.57. The van der Waals surface area contributed by atoms with Crippen molar-refractivity contribution in [3.05, 3.63) is 80.4 Å². The highest BCUT2D eigenvalue weighted by Gasteiger charge is 2.34. The van der Waals surface area contributed by atoms with Gasteiger partial charge in [0.2, 0.25) is 0 Å². The normalized spacial score (nSPS) is 19.1. The molecule has 31 heavy (non-hydrogen) atoms. The number of primary amides is 1. The first kappa shape index (κ1) is 19.9. The Kier molecular flexibility index (Phi) is 5.09. The number of urea groups is 1. The van der Waals surface area contributed by atoms with Crippen LogP contribution in [0.1, 0.15) is 30.5 Å². The fraction of sp³-hybridized carbons (Fsp3) is 0.217. The van der Waals surface area contributed by atoms with Crippen LogP contribution in [0.5, 0.6) is 0 Å². The average Bonchev–Trinajstić information content (AvgIpc) is 3.41. The number of aromatic nitrogens is 3. The van der Waals surface area contributed by atoms with Gasteiger partial charge in [-0.15, -0.1) is 0 Å². The zero-order valence-electron chi connectivity index (χ0n) is 16.7. The molecule has 2 amide bonds. The number of benzene rings is 2. The van der Waals surface area contributed by atoms with Crippen molar-refractivity contribution in [1.82, 2.24) is 19.4 Å². The maximum atomic E-state index is 13.1. The first-order chi connectivity index (χ1) is 15.0. The van der Waals surface area contributed by atoms with Gasteiger partial charge >= 0.3 is 11.7 Å². The van der Waals surface area contributed by atoms with Crippen LogP contribution in [0.2, 0.25) is 0 Å². The van der Waals surface area contributed by atoms with E-state index in [4.69, 9.17) is 5.73 Å². The molecule has 2 atom stereocenters. The quantitative estimate of drug-likeness (QED) is 0.345. The van der Waals surface area contributed by atoms with Gasteiger partial charge in [0.05, 0.1) is 17.1 Å². The molecule has 0 radical (unpaired) electrons. The number of nitrogens with one attached hydrogen (secondary N) is 2. The summed E-state index contributed by atoms with van der Waals surface area (Å²) in [5.41, 5.74) is 10.2. The van der Waals surface area contributed by atoms with Crippen LogP contribution in [0.15, 0.2) is 65.6 Å². The molecule has 2 aromatic heterocycles. The van der Waals surface area contributed by atoms with Gasteiger partial charge in [-0.25, -0.2) is 9.59 Å². The number of nitrogens with two attached hydrogens (primary N) is 1. The number of hydrogen-bond acceptors (Lipinski definition) is 2. The van der Waals surface area contributed by atoms with E-state index in [0.29, 0.717) is 19.4 Å². The Bertz CT molecular complexity index is 1290. The molecule has 1 saturated heterocycles. The minimum Gasteiger partial charge on any atom is -0.361 e. The van der Waals surface area contributed by atoms with E-state index in [1.165, 1.54) is 0 Å². The van der Waals surface area contributed by atoms with Crippen molar-refractivity contribution in [3.63, 3.8) is 0 Å². The van der Waals surface area contributed by atoms with E-state index in [9.17, 15) is 9.59 Å². The lowest BCUT2D eigenvalue weighted by Gasteiger charge is -2.39. The summed E-state index contributed by atoms with van der Waals surface area (Å²) < 4.78 is 2.98. The molecule has 4 aromatic rings. The van der Waals surface area contributed by atoms with Crippen LogP contribution >= 0.6 is 22.6 Å². The SMILES string of the molecule is NC(=O)N1CCC(n2c(=O)[nH]c3c(-c4ccc[nH]4)cccc32)CC1c1ccc(I)cc1. The van der Waals surface area contributed by atoms with Crippen molar-refractivity contribution in [2.75, 3.05) is 6.54 Å². The van der Waals surface area contributed by atoms with E-state index < -0.39 is 6.03 Å². The number of amides is 2. The standard InChI is InChI=1S/C23H22IN5O2/c24-15-8-6-14(7-9-15)20-13-16(10-12-28(20)22(25)30)29-19-5-1-3-17(18-4-2-11-26-18)21(19)27-23(29)31/h1-9,11,16,20,26H,10,12-13H2,(H2,25,30)(H,27,31). The van der Waals surface area contributed by atoms with E-state index in [-0.39, 0.29) is 17.8 Å². The molecule has 1 aliphatic heterocycles. The summed E-state index contributed by atoms with van der Waals surface area (Å²) in [4.78, 5) is 33.2. The van der Waals surface area contributed by atoms with Gasteiger partial charge in [-0.05, 0) is 71.3 Å². The number of para-hydroxylation sites is 1. The molecule has 5 rings (SSSR count). The van der Waals surface area contributed by atoms with E-state index >= 15 is 0 Å². The molecule has 2 unspecified atom stereocenters. The van der Waals surface area contributed by atoms with Gasteiger partial charge in [0.15, 0.2) is 0 Å². The number of rotatable bonds is 3. The minimum atomic E-state index is -0.428. The maximum Gasteiger partial charge on any atom is 0.326 e. The number of imidazole rings is 1. The summed E-state index contributed by atoms with van der Waals surface area (Å²) in [5.74, 6) is 0. The Morgan fingerprint density at radius 1 is 1.10 bits per heavy atom. The Morgan fingerprint density at radius 3 is 2.61 bits per heavy atom. The molecule has 3 heterocycles. The molecule has 1 fully saturated rings. The van der Waals surface area contributed by atoms with Gasteiger partial charge in [-0.2, -0.15) is 0 Å². The highest BCUT2D eigenvalue weighted by atomic mass is 127. The highest BCUT2D eigenvalue weighted by Crippen LogP contribution is 2.38. The largest absolute Gasteiger partial charge is 0.361 e. The van der Waals surface area contributed by atoms with Gasteiger partial charge in [0.25, 0.3) is 0 Å². The second kappa shape index (κ2) is 7.92. The van der Waals surface area contributed by atoms with Crippen LogP contribution in [0.3, 0.4) is 0 Å². The fourth-order valence-electron chi connectivity index (χ4n) is 4.68. The molecule has 1 aliphatic rings. The predicted molar refractivity (Wildman–Crippen MR) is 129 cm³/mol. The van der Waals surface area contributed by atoms with Gasteiger partial charge in [0.1, 0.15) is 0 Å². The van der Waals surface area contributed by atoms with Crippen LogP contribution in [-0.4, -0.2) is 32.0 Å². The molecule has 4 N–H and O–H groups in total. The van der Waals surface area contributed by atoms with Crippen molar-refractivity contribution in [3.8, 4) is 11.3 Å².